The van der Waals surface area contributed by atoms with Crippen molar-refractivity contribution in [3.8, 4) is 11.8 Å². The Kier molecular flexibility index (Phi) is 5.65. The summed E-state index contributed by atoms with van der Waals surface area (Å²) in [6, 6.07) is 3.57. The van der Waals surface area contributed by atoms with Crippen LogP contribution in [0, 0.1) is 17.7 Å². The Bertz CT molecular complexity index is 659. The molecule has 1 aliphatic heterocycles. The first-order valence-electron chi connectivity index (χ1n) is 6.53. The summed E-state index contributed by atoms with van der Waals surface area (Å²) in [6.07, 6.45) is 2.10. The fraction of sp³-hybridized carbons (Fsp3) is 0.429. The Labute approximate surface area is 128 Å². The van der Waals surface area contributed by atoms with Gasteiger partial charge in [-0.2, -0.15) is 11.8 Å². The molecule has 4 nitrogen and oxygen atoms in total. The Balaban J connectivity index is 2.10. The molecular formula is C14H16FNO3S2. The molecule has 21 heavy (non-hydrogen) atoms. The zero-order chi connectivity index (χ0) is 15.3. The summed E-state index contributed by atoms with van der Waals surface area (Å²) in [5.74, 6) is 5.09. The first-order chi connectivity index (χ1) is 10.0. The predicted molar refractivity (Wildman–Crippen MR) is 81.0 cm³/mol. The van der Waals surface area contributed by atoms with E-state index in [0.717, 1.165) is 24.7 Å². The van der Waals surface area contributed by atoms with E-state index in [-0.39, 0.29) is 17.1 Å². The monoisotopic (exact) mass is 329 g/mol. The maximum Gasteiger partial charge on any atom is 0.240 e. The Morgan fingerprint density at radius 1 is 1.48 bits per heavy atom. The van der Waals surface area contributed by atoms with Crippen LogP contribution in [0.5, 0.6) is 0 Å². The smallest absolute Gasteiger partial charge is 0.240 e. The lowest BCUT2D eigenvalue weighted by molar-refractivity contribution is 0.350. The van der Waals surface area contributed by atoms with Crippen LogP contribution in [0.15, 0.2) is 23.1 Å². The van der Waals surface area contributed by atoms with Gasteiger partial charge in [-0.15, -0.1) is 0 Å². The number of rotatable bonds is 4. The summed E-state index contributed by atoms with van der Waals surface area (Å²) in [5, 5.41) is 8.86. The predicted octanol–water partition coefficient (Wildman–Crippen LogP) is 1.34. The number of thioether (sulfide) groups is 1. The molecule has 0 saturated carbocycles. The molecular weight excluding hydrogens is 313 g/mol. The van der Waals surface area contributed by atoms with Crippen LogP contribution in [0.1, 0.15) is 18.4 Å². The average molecular weight is 329 g/mol. The minimum absolute atomic E-state index is 0.0642. The minimum atomic E-state index is -3.71. The Morgan fingerprint density at radius 2 is 2.29 bits per heavy atom. The van der Waals surface area contributed by atoms with Crippen molar-refractivity contribution >= 4 is 21.8 Å². The highest BCUT2D eigenvalue weighted by molar-refractivity contribution is 8.00. The molecule has 114 valence electrons. The highest BCUT2D eigenvalue weighted by Gasteiger charge is 2.20. The van der Waals surface area contributed by atoms with E-state index in [2.05, 4.69) is 16.6 Å². The third-order valence-corrected chi connectivity index (χ3v) is 5.90. The number of aliphatic hydroxyl groups excluding tert-OH is 1. The summed E-state index contributed by atoms with van der Waals surface area (Å²) < 4.78 is 40.5. The van der Waals surface area contributed by atoms with Crippen LogP contribution in [0.3, 0.4) is 0 Å². The number of hydrogen-bond acceptors (Lipinski definition) is 4. The van der Waals surface area contributed by atoms with Crippen molar-refractivity contribution in [2.75, 3.05) is 18.9 Å². The molecule has 1 aromatic rings. The van der Waals surface area contributed by atoms with E-state index in [0.29, 0.717) is 11.8 Å². The molecule has 1 heterocycles. The molecule has 7 heteroatoms. The molecule has 1 atom stereocenters. The fourth-order valence-corrected chi connectivity index (χ4v) is 4.39. The summed E-state index contributed by atoms with van der Waals surface area (Å²) in [5.41, 5.74) is 0.0642. The van der Waals surface area contributed by atoms with Crippen molar-refractivity contribution in [2.24, 2.45) is 0 Å². The SMILES string of the molecule is O=S(=O)(NCC1CCCS1)c1ccc(C#CCO)c(F)c1. The molecule has 1 saturated heterocycles. The van der Waals surface area contributed by atoms with Crippen LogP contribution in [0.4, 0.5) is 4.39 Å². The van der Waals surface area contributed by atoms with Gasteiger partial charge in [0.2, 0.25) is 10.0 Å². The van der Waals surface area contributed by atoms with Crippen molar-refractivity contribution in [2.45, 2.75) is 23.0 Å². The number of hydrogen-bond donors (Lipinski definition) is 2. The maximum atomic E-state index is 13.8. The van der Waals surface area contributed by atoms with Gasteiger partial charge in [-0.05, 0) is 36.8 Å². The van der Waals surface area contributed by atoms with E-state index in [1.165, 1.54) is 12.1 Å². The molecule has 2 N–H and O–H groups in total. The molecule has 0 aromatic heterocycles. The summed E-state index contributed by atoms with van der Waals surface area (Å²) in [7, 11) is -3.71. The number of aliphatic hydroxyl groups is 1. The lowest BCUT2D eigenvalue weighted by Gasteiger charge is -2.11. The van der Waals surface area contributed by atoms with Crippen LogP contribution in [-0.2, 0) is 10.0 Å². The van der Waals surface area contributed by atoms with Gasteiger partial charge in [0, 0.05) is 11.8 Å². The van der Waals surface area contributed by atoms with Crippen LogP contribution in [0.2, 0.25) is 0 Å². The number of benzene rings is 1. The van der Waals surface area contributed by atoms with Gasteiger partial charge in [0.25, 0.3) is 0 Å². The molecule has 0 amide bonds. The Morgan fingerprint density at radius 3 is 2.90 bits per heavy atom. The molecule has 2 rings (SSSR count). The minimum Gasteiger partial charge on any atom is -0.384 e. The van der Waals surface area contributed by atoms with E-state index in [9.17, 15) is 12.8 Å². The van der Waals surface area contributed by atoms with Gasteiger partial charge >= 0.3 is 0 Å². The molecule has 0 radical (unpaired) electrons. The molecule has 1 aromatic carbocycles. The van der Waals surface area contributed by atoms with Gasteiger partial charge < -0.3 is 5.11 Å². The fourth-order valence-electron chi connectivity index (χ4n) is 1.99. The van der Waals surface area contributed by atoms with E-state index in [4.69, 9.17) is 5.11 Å². The molecule has 0 spiro atoms. The Hall–Kier alpha value is -1.07. The van der Waals surface area contributed by atoms with E-state index in [1.54, 1.807) is 11.8 Å². The summed E-state index contributed by atoms with van der Waals surface area (Å²) >= 11 is 1.75. The normalized spacial score (nSPS) is 18.3. The van der Waals surface area contributed by atoms with Crippen molar-refractivity contribution in [3.63, 3.8) is 0 Å². The second-order valence-corrected chi connectivity index (χ2v) is 7.76. The molecule has 1 aliphatic rings. The van der Waals surface area contributed by atoms with Gasteiger partial charge in [-0.3, -0.25) is 0 Å². The van der Waals surface area contributed by atoms with E-state index in [1.807, 2.05) is 0 Å². The third kappa shape index (κ3) is 4.45. The van der Waals surface area contributed by atoms with Gasteiger partial charge in [0.05, 0.1) is 10.5 Å². The second kappa shape index (κ2) is 7.27. The number of sulfonamides is 1. The van der Waals surface area contributed by atoms with Gasteiger partial charge in [0.1, 0.15) is 12.4 Å². The maximum absolute atomic E-state index is 13.8. The van der Waals surface area contributed by atoms with Gasteiger partial charge in [0.15, 0.2) is 0 Å². The van der Waals surface area contributed by atoms with Crippen molar-refractivity contribution in [1.82, 2.24) is 4.72 Å². The van der Waals surface area contributed by atoms with Crippen LogP contribution in [0.25, 0.3) is 0 Å². The topological polar surface area (TPSA) is 66.4 Å². The third-order valence-electron chi connectivity index (χ3n) is 3.08. The quantitative estimate of drug-likeness (QED) is 0.818. The highest BCUT2D eigenvalue weighted by atomic mass is 32.2. The second-order valence-electron chi connectivity index (χ2n) is 4.59. The zero-order valence-corrected chi connectivity index (χ0v) is 12.9. The lowest BCUT2D eigenvalue weighted by Crippen LogP contribution is -2.29. The first-order valence-corrected chi connectivity index (χ1v) is 9.06. The molecule has 1 fully saturated rings. The molecule has 0 aliphatic carbocycles. The van der Waals surface area contributed by atoms with Crippen LogP contribution >= 0.6 is 11.8 Å². The van der Waals surface area contributed by atoms with E-state index >= 15 is 0 Å². The van der Waals surface area contributed by atoms with Crippen molar-refractivity contribution in [3.05, 3.63) is 29.6 Å². The van der Waals surface area contributed by atoms with Gasteiger partial charge in [-0.25, -0.2) is 17.5 Å². The standard InChI is InChI=1S/C14H16FNO3S2/c15-14-9-13(6-5-11(14)3-1-7-17)21(18,19)16-10-12-4-2-8-20-12/h5-6,9,12,16-17H,2,4,7-8,10H2. The van der Waals surface area contributed by atoms with Crippen molar-refractivity contribution < 1.29 is 17.9 Å². The zero-order valence-electron chi connectivity index (χ0n) is 11.3. The van der Waals surface area contributed by atoms with Crippen molar-refractivity contribution in [1.29, 1.82) is 0 Å². The molecule has 1 unspecified atom stereocenters. The van der Waals surface area contributed by atoms with Crippen LogP contribution < -0.4 is 4.72 Å². The van der Waals surface area contributed by atoms with Gasteiger partial charge in [-0.1, -0.05) is 11.8 Å². The number of nitrogens with one attached hydrogen (secondary N) is 1. The lowest BCUT2D eigenvalue weighted by atomic mass is 10.2. The highest BCUT2D eigenvalue weighted by Crippen LogP contribution is 2.25. The average Bonchev–Trinajstić information content (AvgIpc) is 2.97. The first kappa shape index (κ1) is 16.3. The van der Waals surface area contributed by atoms with E-state index < -0.39 is 15.8 Å². The summed E-state index contributed by atoms with van der Waals surface area (Å²) in [6.45, 7) is -0.0131. The largest absolute Gasteiger partial charge is 0.384 e. The number of halogens is 1. The van der Waals surface area contributed by atoms with Crippen LogP contribution in [-0.4, -0.2) is 37.7 Å². The summed E-state index contributed by atoms with van der Waals surface area (Å²) in [4.78, 5) is -0.113. The molecule has 0 bridgehead atoms.